The first kappa shape index (κ1) is 12.0. The van der Waals surface area contributed by atoms with Gasteiger partial charge in [0.15, 0.2) is 0 Å². The van der Waals surface area contributed by atoms with E-state index in [1.807, 2.05) is 25.1 Å². The van der Waals surface area contributed by atoms with E-state index in [-0.39, 0.29) is 5.56 Å². The molecule has 3 nitrogen and oxygen atoms in total. The van der Waals surface area contributed by atoms with Crippen LogP contribution in [0.4, 0.5) is 0 Å². The topological polar surface area (TPSA) is 46.5 Å². The molecule has 0 spiro atoms. The number of carboxylic acids is 1. The molecule has 0 saturated carbocycles. The van der Waals surface area contributed by atoms with Crippen LogP contribution in [-0.2, 0) is 0 Å². The Morgan fingerprint density at radius 3 is 2.93 bits per heavy atom. The number of allylic oxidation sites excluding steroid dienone is 1. The van der Waals surface area contributed by atoms with Gasteiger partial charge in [0, 0.05) is 0 Å². The van der Waals surface area contributed by atoms with E-state index >= 15 is 0 Å². The average Bonchev–Trinajstić information content (AvgIpc) is 2.20. The molecule has 0 bridgehead atoms. The second-order valence-electron chi connectivity index (χ2n) is 2.80. The molecule has 0 amide bonds. The Balaban J connectivity index is 2.97. The first-order valence-corrected chi connectivity index (χ1v) is 5.50. The largest absolute Gasteiger partial charge is 0.488 e. The summed E-state index contributed by atoms with van der Waals surface area (Å²) in [5.41, 5.74) is 0.200. The fraction of sp³-hybridized carbons (Fsp3) is 0.182. The predicted octanol–water partition coefficient (Wildman–Crippen LogP) is 2.94. The molecule has 1 rings (SSSR count). The molecule has 0 aliphatic carbocycles. The molecule has 0 unspecified atom stereocenters. The van der Waals surface area contributed by atoms with Gasteiger partial charge in [-0.15, -0.1) is 0 Å². The molecule has 4 heteroatoms. The molecule has 0 atom stereocenters. The Labute approximate surface area is 102 Å². The van der Waals surface area contributed by atoms with Crippen LogP contribution in [0.2, 0.25) is 0 Å². The molecule has 0 aliphatic rings. The molecule has 0 aromatic heterocycles. The maximum atomic E-state index is 10.9. The summed E-state index contributed by atoms with van der Waals surface area (Å²) >= 11 is 2.06. The lowest BCUT2D eigenvalue weighted by Crippen LogP contribution is -2.04. The minimum Gasteiger partial charge on any atom is -0.488 e. The van der Waals surface area contributed by atoms with Crippen molar-refractivity contribution in [2.24, 2.45) is 0 Å². The molecular formula is C11H11IO3. The monoisotopic (exact) mass is 318 g/mol. The fourth-order valence-corrected chi connectivity index (χ4v) is 1.71. The van der Waals surface area contributed by atoms with Crippen molar-refractivity contribution in [1.29, 1.82) is 0 Å². The molecule has 0 radical (unpaired) electrons. The SMILES string of the molecule is C/C=C/COc1c(I)cccc1C(=O)O. The highest BCUT2D eigenvalue weighted by Crippen LogP contribution is 2.25. The zero-order chi connectivity index (χ0) is 11.3. The van der Waals surface area contributed by atoms with Crippen LogP contribution in [0.15, 0.2) is 30.4 Å². The Hall–Kier alpha value is -1.04. The number of hydrogen-bond donors (Lipinski definition) is 1. The third-order valence-electron chi connectivity index (χ3n) is 1.76. The first-order chi connectivity index (χ1) is 7.16. The summed E-state index contributed by atoms with van der Waals surface area (Å²) in [5.74, 6) is -0.535. The zero-order valence-electron chi connectivity index (χ0n) is 8.24. The molecular weight excluding hydrogens is 307 g/mol. The quantitative estimate of drug-likeness (QED) is 0.686. The van der Waals surface area contributed by atoms with Gasteiger partial charge in [0.1, 0.15) is 17.9 Å². The Kier molecular flexibility index (Phi) is 4.61. The highest BCUT2D eigenvalue weighted by molar-refractivity contribution is 14.1. The molecule has 0 aliphatic heterocycles. The fourth-order valence-electron chi connectivity index (χ4n) is 1.05. The summed E-state index contributed by atoms with van der Waals surface area (Å²) in [5, 5.41) is 8.95. The van der Waals surface area contributed by atoms with Gasteiger partial charge in [-0.3, -0.25) is 0 Å². The summed E-state index contributed by atoms with van der Waals surface area (Å²) in [7, 11) is 0. The molecule has 15 heavy (non-hydrogen) atoms. The van der Waals surface area contributed by atoms with E-state index in [0.717, 1.165) is 3.57 Å². The van der Waals surface area contributed by atoms with Crippen molar-refractivity contribution in [2.45, 2.75) is 6.92 Å². The van der Waals surface area contributed by atoms with Crippen molar-refractivity contribution in [3.05, 3.63) is 39.5 Å². The molecule has 1 N–H and O–H groups in total. The second kappa shape index (κ2) is 5.75. The van der Waals surface area contributed by atoms with Crippen LogP contribution in [0.3, 0.4) is 0 Å². The smallest absolute Gasteiger partial charge is 0.339 e. The van der Waals surface area contributed by atoms with Gasteiger partial charge in [0.05, 0.1) is 3.57 Å². The van der Waals surface area contributed by atoms with Crippen LogP contribution in [0, 0.1) is 3.57 Å². The van der Waals surface area contributed by atoms with Gasteiger partial charge in [-0.05, 0) is 41.6 Å². The normalized spacial score (nSPS) is 10.5. The first-order valence-electron chi connectivity index (χ1n) is 4.42. The van der Waals surface area contributed by atoms with Crippen LogP contribution >= 0.6 is 22.6 Å². The lowest BCUT2D eigenvalue weighted by molar-refractivity contribution is 0.0692. The summed E-state index contributed by atoms with van der Waals surface area (Å²) in [6.45, 7) is 2.27. The molecule has 80 valence electrons. The van der Waals surface area contributed by atoms with Crippen LogP contribution in [0.25, 0.3) is 0 Å². The molecule has 1 aromatic carbocycles. The van der Waals surface area contributed by atoms with Crippen molar-refractivity contribution in [1.82, 2.24) is 0 Å². The second-order valence-corrected chi connectivity index (χ2v) is 3.96. The average molecular weight is 318 g/mol. The maximum Gasteiger partial charge on any atom is 0.339 e. The summed E-state index contributed by atoms with van der Waals surface area (Å²) in [6.07, 6.45) is 3.69. The third kappa shape index (κ3) is 3.23. The summed E-state index contributed by atoms with van der Waals surface area (Å²) in [6, 6.07) is 5.06. The van der Waals surface area contributed by atoms with Gasteiger partial charge >= 0.3 is 5.97 Å². The lowest BCUT2D eigenvalue weighted by Gasteiger charge is -2.08. The van der Waals surface area contributed by atoms with E-state index in [2.05, 4.69) is 22.6 Å². The number of carbonyl (C=O) groups is 1. The minimum absolute atomic E-state index is 0.200. The van der Waals surface area contributed by atoms with Gasteiger partial charge in [0.25, 0.3) is 0 Å². The van der Waals surface area contributed by atoms with Gasteiger partial charge in [0.2, 0.25) is 0 Å². The number of aromatic carboxylic acids is 1. The molecule has 1 aromatic rings. The van der Waals surface area contributed by atoms with Crippen molar-refractivity contribution in [3.8, 4) is 5.75 Å². The highest BCUT2D eigenvalue weighted by atomic mass is 127. The Morgan fingerprint density at radius 2 is 2.33 bits per heavy atom. The Morgan fingerprint density at radius 1 is 1.60 bits per heavy atom. The van der Waals surface area contributed by atoms with E-state index in [4.69, 9.17) is 9.84 Å². The van der Waals surface area contributed by atoms with Crippen LogP contribution in [0.5, 0.6) is 5.75 Å². The van der Waals surface area contributed by atoms with E-state index in [1.165, 1.54) is 6.07 Å². The number of hydrogen-bond acceptors (Lipinski definition) is 2. The van der Waals surface area contributed by atoms with Gasteiger partial charge in [-0.2, -0.15) is 0 Å². The van der Waals surface area contributed by atoms with Crippen molar-refractivity contribution in [3.63, 3.8) is 0 Å². The van der Waals surface area contributed by atoms with E-state index in [0.29, 0.717) is 12.4 Å². The van der Waals surface area contributed by atoms with E-state index < -0.39 is 5.97 Å². The number of rotatable bonds is 4. The standard InChI is InChI=1S/C11H11IO3/c1-2-3-7-15-10-8(11(13)14)5-4-6-9(10)12/h2-6H,7H2,1H3,(H,13,14)/b3-2+. The maximum absolute atomic E-state index is 10.9. The van der Waals surface area contributed by atoms with Crippen molar-refractivity contribution < 1.29 is 14.6 Å². The van der Waals surface area contributed by atoms with Crippen LogP contribution in [-0.4, -0.2) is 17.7 Å². The van der Waals surface area contributed by atoms with Crippen molar-refractivity contribution >= 4 is 28.6 Å². The molecule has 0 heterocycles. The molecule has 0 fully saturated rings. The highest BCUT2D eigenvalue weighted by Gasteiger charge is 2.13. The predicted molar refractivity (Wildman–Crippen MR) is 66.4 cm³/mol. The van der Waals surface area contributed by atoms with Crippen molar-refractivity contribution in [2.75, 3.05) is 6.61 Å². The summed E-state index contributed by atoms with van der Waals surface area (Å²) < 4.78 is 6.20. The van der Waals surface area contributed by atoms with Crippen LogP contribution in [0.1, 0.15) is 17.3 Å². The van der Waals surface area contributed by atoms with Gasteiger partial charge in [-0.1, -0.05) is 18.2 Å². The Bertz CT molecular complexity index is 385. The van der Waals surface area contributed by atoms with E-state index in [1.54, 1.807) is 6.07 Å². The number of carboxylic acid groups (broad SMARTS) is 1. The number of ether oxygens (including phenoxy) is 1. The van der Waals surface area contributed by atoms with Gasteiger partial charge < -0.3 is 9.84 Å². The number of para-hydroxylation sites is 1. The number of benzene rings is 1. The van der Waals surface area contributed by atoms with E-state index in [9.17, 15) is 4.79 Å². The zero-order valence-corrected chi connectivity index (χ0v) is 10.4. The number of halogens is 1. The minimum atomic E-state index is -0.969. The van der Waals surface area contributed by atoms with Crippen LogP contribution < -0.4 is 4.74 Å². The third-order valence-corrected chi connectivity index (χ3v) is 2.61. The molecule has 0 saturated heterocycles. The summed E-state index contributed by atoms with van der Waals surface area (Å²) in [4.78, 5) is 10.9. The van der Waals surface area contributed by atoms with Gasteiger partial charge in [-0.25, -0.2) is 4.79 Å². The lowest BCUT2D eigenvalue weighted by atomic mass is 10.2.